The van der Waals surface area contributed by atoms with E-state index in [0.717, 1.165) is 37.6 Å². The Kier molecular flexibility index (Phi) is 5.63. The molecule has 1 fully saturated rings. The number of rotatable bonds is 5. The highest BCUT2D eigenvalue weighted by Gasteiger charge is 2.19. The van der Waals surface area contributed by atoms with Crippen LogP contribution in [0.4, 0.5) is 11.4 Å². The molecular formula is C23H29N5O2. The van der Waals surface area contributed by atoms with Crippen molar-refractivity contribution in [2.75, 3.05) is 36.0 Å². The topological polar surface area (TPSA) is 66.5 Å². The van der Waals surface area contributed by atoms with Crippen LogP contribution in [0.5, 0.6) is 0 Å². The summed E-state index contributed by atoms with van der Waals surface area (Å²) in [7, 11) is 0. The molecule has 3 aromatic rings. The van der Waals surface area contributed by atoms with E-state index in [1.165, 1.54) is 26.8 Å². The van der Waals surface area contributed by atoms with Crippen molar-refractivity contribution in [2.24, 2.45) is 0 Å². The van der Waals surface area contributed by atoms with Gasteiger partial charge in [-0.3, -0.25) is 0 Å². The molecule has 1 saturated heterocycles. The van der Waals surface area contributed by atoms with Crippen LogP contribution in [0.2, 0.25) is 0 Å². The monoisotopic (exact) mass is 407 g/mol. The second-order valence-corrected chi connectivity index (χ2v) is 8.04. The fraction of sp³-hybridized carbons (Fsp3) is 0.391. The van der Waals surface area contributed by atoms with Gasteiger partial charge in [0.05, 0.1) is 17.8 Å². The zero-order chi connectivity index (χ0) is 21.3. The standard InChI is InChI=1S/C23H29N5O2/c1-17-4-6-20(7-5-17)25-12-14-26(15-13-25)21-8-10-22(11-9-21)27-16-24-28(23(27)30)18(2)19(3)29/h4-11,16,18-19,29H,12-15H2,1-3H3. The number of aliphatic hydroxyl groups is 1. The second kappa shape index (κ2) is 8.36. The average Bonchev–Trinajstić information content (AvgIpc) is 3.15. The van der Waals surface area contributed by atoms with Gasteiger partial charge < -0.3 is 14.9 Å². The summed E-state index contributed by atoms with van der Waals surface area (Å²) in [5.74, 6) is 0. The first-order valence-corrected chi connectivity index (χ1v) is 10.5. The Bertz CT molecular complexity index is 1030. The Morgan fingerprint density at radius 3 is 1.80 bits per heavy atom. The number of piperazine rings is 1. The van der Waals surface area contributed by atoms with Crippen molar-refractivity contribution in [1.82, 2.24) is 14.3 Å². The van der Waals surface area contributed by atoms with Crippen LogP contribution in [0.3, 0.4) is 0 Å². The highest BCUT2D eigenvalue weighted by molar-refractivity contribution is 5.54. The molecule has 2 heterocycles. The molecule has 2 unspecified atom stereocenters. The van der Waals surface area contributed by atoms with Crippen LogP contribution in [-0.4, -0.2) is 51.7 Å². The summed E-state index contributed by atoms with van der Waals surface area (Å²) >= 11 is 0. The lowest BCUT2D eigenvalue weighted by molar-refractivity contribution is 0.130. The summed E-state index contributed by atoms with van der Waals surface area (Å²) in [4.78, 5) is 17.4. The molecule has 0 saturated carbocycles. The average molecular weight is 408 g/mol. The van der Waals surface area contributed by atoms with Crippen LogP contribution in [0.25, 0.3) is 5.69 Å². The van der Waals surface area contributed by atoms with E-state index in [2.05, 4.69) is 58.2 Å². The van der Waals surface area contributed by atoms with Crippen molar-refractivity contribution < 1.29 is 5.11 Å². The number of nitrogens with zero attached hydrogens (tertiary/aromatic N) is 5. The predicted octanol–water partition coefficient (Wildman–Crippen LogP) is 2.61. The fourth-order valence-electron chi connectivity index (χ4n) is 3.78. The summed E-state index contributed by atoms with van der Waals surface area (Å²) in [5, 5.41) is 13.9. The van der Waals surface area contributed by atoms with Gasteiger partial charge in [0.15, 0.2) is 0 Å². The lowest BCUT2D eigenvalue weighted by Crippen LogP contribution is -2.46. The molecule has 7 heteroatoms. The molecular weight excluding hydrogens is 378 g/mol. The van der Waals surface area contributed by atoms with Crippen LogP contribution in [0.15, 0.2) is 59.7 Å². The highest BCUT2D eigenvalue weighted by Crippen LogP contribution is 2.22. The van der Waals surface area contributed by atoms with Crippen LogP contribution in [0.1, 0.15) is 25.5 Å². The molecule has 30 heavy (non-hydrogen) atoms. The van der Waals surface area contributed by atoms with E-state index in [1.54, 1.807) is 13.8 Å². The zero-order valence-corrected chi connectivity index (χ0v) is 17.8. The minimum absolute atomic E-state index is 0.247. The third-order valence-corrected chi connectivity index (χ3v) is 5.95. The van der Waals surface area contributed by atoms with Gasteiger partial charge in [0.2, 0.25) is 0 Å². The van der Waals surface area contributed by atoms with E-state index in [9.17, 15) is 9.90 Å². The largest absolute Gasteiger partial charge is 0.391 e. The van der Waals surface area contributed by atoms with Crippen LogP contribution < -0.4 is 15.5 Å². The van der Waals surface area contributed by atoms with E-state index in [1.807, 2.05) is 12.1 Å². The third-order valence-electron chi connectivity index (χ3n) is 5.95. The second-order valence-electron chi connectivity index (χ2n) is 8.04. The SMILES string of the molecule is Cc1ccc(N2CCN(c3ccc(-n4cnn(C(C)C(C)O)c4=O)cc3)CC2)cc1. The molecule has 1 aromatic heterocycles. The highest BCUT2D eigenvalue weighted by atomic mass is 16.3. The quantitative estimate of drug-likeness (QED) is 0.704. The van der Waals surface area contributed by atoms with Gasteiger partial charge in [-0.1, -0.05) is 17.7 Å². The fourth-order valence-corrected chi connectivity index (χ4v) is 3.78. The first-order chi connectivity index (χ1) is 14.4. The van der Waals surface area contributed by atoms with Crippen molar-refractivity contribution in [1.29, 1.82) is 0 Å². The van der Waals surface area contributed by atoms with Gasteiger partial charge >= 0.3 is 5.69 Å². The van der Waals surface area contributed by atoms with E-state index in [0.29, 0.717) is 0 Å². The molecule has 1 aliphatic rings. The molecule has 1 aliphatic heterocycles. The number of anilines is 2. The Labute approximate surface area is 176 Å². The molecule has 0 amide bonds. The molecule has 2 atom stereocenters. The molecule has 4 rings (SSSR count). The van der Waals surface area contributed by atoms with Gasteiger partial charge in [-0.05, 0) is 57.2 Å². The minimum atomic E-state index is -0.646. The number of hydrogen-bond acceptors (Lipinski definition) is 5. The predicted molar refractivity (Wildman–Crippen MR) is 120 cm³/mol. The first kappa shape index (κ1) is 20.2. The van der Waals surface area contributed by atoms with Crippen molar-refractivity contribution >= 4 is 11.4 Å². The van der Waals surface area contributed by atoms with Crippen LogP contribution in [-0.2, 0) is 0 Å². The smallest absolute Gasteiger partial charge is 0.350 e. The number of hydrogen-bond donors (Lipinski definition) is 1. The normalized spacial score (nSPS) is 16.5. The summed E-state index contributed by atoms with van der Waals surface area (Å²) in [6.45, 7) is 9.42. The summed E-state index contributed by atoms with van der Waals surface area (Å²) in [6.07, 6.45) is 0.864. The number of aryl methyl sites for hydroxylation is 1. The molecule has 0 aliphatic carbocycles. The molecule has 0 spiro atoms. The van der Waals surface area contributed by atoms with Gasteiger partial charge in [-0.25, -0.2) is 14.0 Å². The Hall–Kier alpha value is -3.06. The number of aliphatic hydroxyl groups excluding tert-OH is 1. The van der Waals surface area contributed by atoms with E-state index in [-0.39, 0.29) is 11.7 Å². The number of benzene rings is 2. The summed E-state index contributed by atoms with van der Waals surface area (Å²) in [5.41, 5.74) is 4.23. The van der Waals surface area contributed by atoms with Crippen molar-refractivity contribution in [3.63, 3.8) is 0 Å². The molecule has 0 radical (unpaired) electrons. The van der Waals surface area contributed by atoms with Gasteiger partial charge in [-0.15, -0.1) is 0 Å². The third kappa shape index (κ3) is 3.98. The van der Waals surface area contributed by atoms with Gasteiger partial charge in [0.1, 0.15) is 6.33 Å². The molecule has 2 aromatic carbocycles. The molecule has 1 N–H and O–H groups in total. The van der Waals surface area contributed by atoms with Gasteiger partial charge in [0.25, 0.3) is 0 Å². The van der Waals surface area contributed by atoms with Crippen LogP contribution in [0, 0.1) is 6.92 Å². The van der Waals surface area contributed by atoms with E-state index >= 15 is 0 Å². The maximum atomic E-state index is 12.6. The summed E-state index contributed by atoms with van der Waals surface area (Å²) in [6, 6.07) is 16.3. The molecule has 7 nitrogen and oxygen atoms in total. The molecule has 0 bridgehead atoms. The first-order valence-electron chi connectivity index (χ1n) is 10.5. The minimum Gasteiger partial charge on any atom is -0.391 e. The lowest BCUT2D eigenvalue weighted by Gasteiger charge is -2.37. The van der Waals surface area contributed by atoms with Gasteiger partial charge in [0, 0.05) is 37.6 Å². The molecule has 158 valence electrons. The van der Waals surface area contributed by atoms with Crippen LogP contribution >= 0.6 is 0 Å². The Morgan fingerprint density at radius 2 is 1.30 bits per heavy atom. The van der Waals surface area contributed by atoms with Crippen molar-refractivity contribution in [3.8, 4) is 5.69 Å². The van der Waals surface area contributed by atoms with E-state index < -0.39 is 6.10 Å². The van der Waals surface area contributed by atoms with Crippen molar-refractivity contribution in [3.05, 3.63) is 70.9 Å². The lowest BCUT2D eigenvalue weighted by atomic mass is 10.2. The maximum Gasteiger partial charge on any atom is 0.350 e. The maximum absolute atomic E-state index is 12.6. The Morgan fingerprint density at radius 1 is 0.833 bits per heavy atom. The van der Waals surface area contributed by atoms with Gasteiger partial charge in [-0.2, -0.15) is 5.10 Å². The van der Waals surface area contributed by atoms with E-state index in [4.69, 9.17) is 0 Å². The zero-order valence-electron chi connectivity index (χ0n) is 17.8. The Balaban J connectivity index is 1.44. The van der Waals surface area contributed by atoms with Crippen molar-refractivity contribution in [2.45, 2.75) is 32.9 Å². The summed E-state index contributed by atoms with van der Waals surface area (Å²) < 4.78 is 2.83. The number of aromatic nitrogens is 3.